The molecule has 0 bridgehead atoms. The van der Waals surface area contributed by atoms with E-state index in [-0.39, 0.29) is 11.5 Å². The van der Waals surface area contributed by atoms with Gasteiger partial charge in [0.2, 0.25) is 0 Å². The number of aromatic amines is 1. The molecular formula is C18H25N5O3S. The minimum Gasteiger partial charge on any atom is -0.383 e. The molecule has 9 heteroatoms. The van der Waals surface area contributed by atoms with Crippen molar-refractivity contribution in [1.82, 2.24) is 14.9 Å². The van der Waals surface area contributed by atoms with E-state index in [1.165, 1.54) is 4.57 Å². The average molecular weight is 391 g/mol. The Balaban J connectivity index is 2.35. The SMILES string of the molecule is CCCn1c(N)c(N(CCOC)C(=S)NCc2ccccc2)c(=O)[nH]c1=O. The molecule has 146 valence electrons. The molecule has 0 saturated carbocycles. The number of H-pyrrole nitrogens is 1. The molecular weight excluding hydrogens is 366 g/mol. The molecule has 0 fully saturated rings. The highest BCUT2D eigenvalue weighted by Crippen LogP contribution is 2.17. The Morgan fingerprint density at radius 2 is 2.04 bits per heavy atom. The van der Waals surface area contributed by atoms with Crippen molar-refractivity contribution in [2.24, 2.45) is 0 Å². The van der Waals surface area contributed by atoms with Gasteiger partial charge >= 0.3 is 5.69 Å². The molecule has 8 nitrogen and oxygen atoms in total. The van der Waals surface area contributed by atoms with Gasteiger partial charge in [0.1, 0.15) is 5.82 Å². The van der Waals surface area contributed by atoms with E-state index in [1.807, 2.05) is 37.3 Å². The van der Waals surface area contributed by atoms with Gasteiger partial charge < -0.3 is 20.7 Å². The minimum atomic E-state index is -0.579. The first-order valence-electron chi connectivity index (χ1n) is 8.70. The number of aromatic nitrogens is 2. The Hall–Kier alpha value is -2.65. The monoisotopic (exact) mass is 391 g/mol. The van der Waals surface area contributed by atoms with Crippen LogP contribution < -0.4 is 27.2 Å². The molecule has 0 radical (unpaired) electrons. The van der Waals surface area contributed by atoms with Crippen molar-refractivity contribution in [1.29, 1.82) is 0 Å². The Morgan fingerprint density at radius 3 is 2.67 bits per heavy atom. The molecule has 0 aliphatic heterocycles. The number of hydrogen-bond donors (Lipinski definition) is 3. The molecule has 0 saturated heterocycles. The number of nitrogens with one attached hydrogen (secondary N) is 2. The summed E-state index contributed by atoms with van der Waals surface area (Å²) < 4.78 is 6.48. The number of nitrogen functional groups attached to an aromatic ring is 1. The number of benzene rings is 1. The predicted molar refractivity (Wildman–Crippen MR) is 111 cm³/mol. The first kappa shape index (κ1) is 20.7. The predicted octanol–water partition coefficient (Wildman–Crippen LogP) is 1.06. The minimum absolute atomic E-state index is 0.0885. The first-order chi connectivity index (χ1) is 13.0. The van der Waals surface area contributed by atoms with E-state index in [2.05, 4.69) is 10.3 Å². The second kappa shape index (κ2) is 9.89. The lowest BCUT2D eigenvalue weighted by atomic mass is 10.2. The molecule has 27 heavy (non-hydrogen) atoms. The number of thiocarbonyl (C=S) groups is 1. The topological polar surface area (TPSA) is 105 Å². The maximum absolute atomic E-state index is 12.5. The molecule has 0 unspecified atom stereocenters. The molecule has 1 heterocycles. The van der Waals surface area contributed by atoms with Crippen molar-refractivity contribution in [3.8, 4) is 0 Å². The maximum Gasteiger partial charge on any atom is 0.330 e. The van der Waals surface area contributed by atoms with Gasteiger partial charge in [-0.1, -0.05) is 37.3 Å². The smallest absolute Gasteiger partial charge is 0.330 e. The van der Waals surface area contributed by atoms with Crippen LogP contribution in [0.1, 0.15) is 18.9 Å². The van der Waals surface area contributed by atoms with Crippen molar-refractivity contribution in [2.75, 3.05) is 30.9 Å². The summed E-state index contributed by atoms with van der Waals surface area (Å²) in [6, 6.07) is 9.75. The standard InChI is InChI=1S/C18H25N5O3S/c1-3-9-23-15(19)14(16(24)21-17(23)25)22(10-11-26-2)18(27)20-12-13-7-5-4-6-8-13/h4-8H,3,9-12,19H2,1-2H3,(H,20,27)(H,21,24,25). The van der Waals surface area contributed by atoms with Crippen LogP contribution in [0, 0.1) is 0 Å². The van der Waals surface area contributed by atoms with Gasteiger partial charge in [0.25, 0.3) is 5.56 Å². The van der Waals surface area contributed by atoms with E-state index in [0.29, 0.717) is 37.8 Å². The molecule has 4 N–H and O–H groups in total. The fourth-order valence-corrected chi connectivity index (χ4v) is 2.90. The quantitative estimate of drug-likeness (QED) is 0.578. The van der Waals surface area contributed by atoms with E-state index >= 15 is 0 Å². The number of anilines is 2. The van der Waals surface area contributed by atoms with Crippen LogP contribution in [0.4, 0.5) is 11.5 Å². The van der Waals surface area contributed by atoms with Crippen molar-refractivity contribution < 1.29 is 4.74 Å². The number of ether oxygens (including phenoxy) is 1. The summed E-state index contributed by atoms with van der Waals surface area (Å²) in [5, 5.41) is 3.46. The van der Waals surface area contributed by atoms with Gasteiger partial charge in [0, 0.05) is 26.7 Å². The molecule has 1 aromatic heterocycles. The lowest BCUT2D eigenvalue weighted by Gasteiger charge is -2.27. The zero-order valence-corrected chi connectivity index (χ0v) is 16.3. The molecule has 0 aliphatic carbocycles. The average Bonchev–Trinajstić information content (AvgIpc) is 2.66. The number of nitrogens with zero attached hydrogens (tertiary/aromatic N) is 2. The Kier molecular flexibility index (Phi) is 7.56. The summed E-state index contributed by atoms with van der Waals surface area (Å²) in [6.07, 6.45) is 0.699. The van der Waals surface area contributed by atoms with Crippen LogP contribution in [-0.4, -0.2) is 34.9 Å². The molecule has 0 aliphatic rings. The first-order valence-corrected chi connectivity index (χ1v) is 9.11. The molecule has 0 spiro atoms. The van der Waals surface area contributed by atoms with Crippen molar-refractivity contribution in [3.05, 3.63) is 56.7 Å². The van der Waals surface area contributed by atoms with E-state index in [9.17, 15) is 9.59 Å². The molecule has 0 amide bonds. The summed E-state index contributed by atoms with van der Waals surface area (Å²) in [5.41, 5.74) is 6.24. The third-order valence-electron chi connectivity index (χ3n) is 3.98. The Bertz CT molecular complexity index is 879. The highest BCUT2D eigenvalue weighted by atomic mass is 32.1. The van der Waals surface area contributed by atoms with E-state index in [1.54, 1.807) is 12.0 Å². The fraction of sp³-hybridized carbons (Fsp3) is 0.389. The van der Waals surface area contributed by atoms with Crippen molar-refractivity contribution in [2.45, 2.75) is 26.4 Å². The molecule has 2 rings (SSSR count). The van der Waals surface area contributed by atoms with Gasteiger partial charge in [-0.15, -0.1) is 0 Å². The lowest BCUT2D eigenvalue weighted by Crippen LogP contribution is -2.46. The highest BCUT2D eigenvalue weighted by molar-refractivity contribution is 7.80. The zero-order valence-electron chi connectivity index (χ0n) is 15.5. The molecule has 2 aromatic rings. The van der Waals surface area contributed by atoms with Crippen LogP contribution >= 0.6 is 12.2 Å². The largest absolute Gasteiger partial charge is 0.383 e. The Morgan fingerprint density at radius 1 is 1.33 bits per heavy atom. The summed E-state index contributed by atoms with van der Waals surface area (Å²) >= 11 is 5.49. The van der Waals surface area contributed by atoms with Crippen LogP contribution in [0.3, 0.4) is 0 Å². The number of rotatable bonds is 8. The van der Waals surface area contributed by atoms with Crippen molar-refractivity contribution >= 4 is 28.8 Å². The summed E-state index contributed by atoms with van der Waals surface area (Å²) in [7, 11) is 1.56. The van der Waals surface area contributed by atoms with E-state index in [0.717, 1.165) is 5.56 Å². The van der Waals surface area contributed by atoms with Crippen LogP contribution in [0.2, 0.25) is 0 Å². The second-order valence-electron chi connectivity index (χ2n) is 5.93. The fourth-order valence-electron chi connectivity index (χ4n) is 2.65. The molecule has 0 atom stereocenters. The highest BCUT2D eigenvalue weighted by Gasteiger charge is 2.21. The third kappa shape index (κ3) is 5.18. The third-order valence-corrected chi connectivity index (χ3v) is 4.35. The maximum atomic E-state index is 12.5. The lowest BCUT2D eigenvalue weighted by molar-refractivity contribution is 0.207. The van der Waals surface area contributed by atoms with Gasteiger partial charge in [0.05, 0.1) is 6.61 Å². The van der Waals surface area contributed by atoms with Crippen LogP contribution in [0.5, 0.6) is 0 Å². The van der Waals surface area contributed by atoms with Gasteiger partial charge in [-0.3, -0.25) is 14.3 Å². The van der Waals surface area contributed by atoms with Gasteiger partial charge in [-0.05, 0) is 24.2 Å². The zero-order chi connectivity index (χ0) is 19.8. The van der Waals surface area contributed by atoms with E-state index in [4.69, 9.17) is 22.7 Å². The van der Waals surface area contributed by atoms with Crippen LogP contribution in [0.25, 0.3) is 0 Å². The van der Waals surface area contributed by atoms with Gasteiger partial charge in [0.15, 0.2) is 10.8 Å². The Labute approximate surface area is 163 Å². The van der Waals surface area contributed by atoms with Gasteiger partial charge in [-0.25, -0.2) is 4.79 Å². The number of hydrogen-bond acceptors (Lipinski definition) is 5. The second-order valence-corrected chi connectivity index (χ2v) is 6.32. The molecule has 1 aromatic carbocycles. The number of nitrogens with two attached hydrogens (primary N) is 1. The summed E-state index contributed by atoms with van der Waals surface area (Å²) in [5.74, 6) is 0.0885. The summed E-state index contributed by atoms with van der Waals surface area (Å²) in [4.78, 5) is 28.4. The van der Waals surface area contributed by atoms with Gasteiger partial charge in [-0.2, -0.15) is 0 Å². The van der Waals surface area contributed by atoms with Crippen molar-refractivity contribution in [3.63, 3.8) is 0 Å². The summed E-state index contributed by atoms with van der Waals surface area (Å²) in [6.45, 7) is 3.46. The van der Waals surface area contributed by atoms with Crippen LogP contribution in [-0.2, 0) is 17.8 Å². The normalized spacial score (nSPS) is 10.6. The van der Waals surface area contributed by atoms with E-state index < -0.39 is 11.2 Å². The van der Waals surface area contributed by atoms with Crippen LogP contribution in [0.15, 0.2) is 39.9 Å². The number of methoxy groups -OCH3 is 1.